The molecule has 0 bridgehead atoms. The Morgan fingerprint density at radius 2 is 1.21 bits per heavy atom. The third kappa shape index (κ3) is 7.31. The van der Waals surface area contributed by atoms with Gasteiger partial charge in [-0.15, -0.1) is 0 Å². The van der Waals surface area contributed by atoms with E-state index in [9.17, 15) is 19.2 Å². The van der Waals surface area contributed by atoms with Crippen LogP contribution in [0.4, 0.5) is 0 Å². The second-order valence-electron chi connectivity index (χ2n) is 7.06. The van der Waals surface area contributed by atoms with Crippen LogP contribution in [0.3, 0.4) is 0 Å². The molecule has 0 aromatic heterocycles. The summed E-state index contributed by atoms with van der Waals surface area (Å²) in [6, 6.07) is 0. The molecule has 0 saturated heterocycles. The van der Waals surface area contributed by atoms with Gasteiger partial charge >= 0.3 is 11.9 Å². The first-order valence-electron chi connectivity index (χ1n) is 10.1. The molecule has 8 heteroatoms. The van der Waals surface area contributed by atoms with E-state index in [0.29, 0.717) is 25.7 Å². The lowest BCUT2D eigenvalue weighted by molar-refractivity contribution is -0.168. The quantitative estimate of drug-likeness (QED) is 0.240. The van der Waals surface area contributed by atoms with Crippen molar-refractivity contribution in [1.29, 1.82) is 0 Å². The van der Waals surface area contributed by atoms with E-state index >= 15 is 0 Å². The summed E-state index contributed by atoms with van der Waals surface area (Å²) in [6.45, 7) is 0.431. The third-order valence-electron chi connectivity index (χ3n) is 4.89. The number of rotatable bonds is 15. The number of carbonyl (C=O) groups is 4. The Kier molecular flexibility index (Phi) is 11.6. The van der Waals surface area contributed by atoms with Crippen LogP contribution in [0, 0.1) is 5.41 Å². The number of unbranched alkanes of at least 4 members (excludes halogenated alkanes) is 6. The predicted molar refractivity (Wildman–Crippen MR) is 99.3 cm³/mol. The van der Waals surface area contributed by atoms with E-state index in [-0.39, 0.29) is 39.3 Å². The zero-order chi connectivity index (χ0) is 20.8. The molecule has 1 rings (SSSR count). The second-order valence-corrected chi connectivity index (χ2v) is 7.06. The Labute approximate surface area is 165 Å². The average Bonchev–Trinajstić information content (AvgIpc) is 2.96. The van der Waals surface area contributed by atoms with Gasteiger partial charge in [-0.2, -0.15) is 0 Å². The predicted octanol–water partition coefficient (Wildman–Crippen LogP) is 1.49. The number of aliphatic hydroxyl groups is 2. The van der Waals surface area contributed by atoms with Crippen LogP contribution in [0.1, 0.15) is 70.6 Å². The van der Waals surface area contributed by atoms with Gasteiger partial charge in [-0.1, -0.05) is 12.8 Å². The van der Waals surface area contributed by atoms with Crippen molar-refractivity contribution in [2.45, 2.75) is 70.6 Å². The normalized spacial score (nSPS) is 15.6. The SMILES string of the molecule is O=C(CC1(C(=O)OCCCCCCO)C(=O)CCC1=O)OCCCCCCO. The fourth-order valence-corrected chi connectivity index (χ4v) is 3.18. The van der Waals surface area contributed by atoms with Crippen LogP contribution in [0.2, 0.25) is 0 Å². The van der Waals surface area contributed by atoms with Crippen molar-refractivity contribution < 1.29 is 38.9 Å². The first-order valence-corrected chi connectivity index (χ1v) is 10.1. The highest BCUT2D eigenvalue weighted by Gasteiger charge is 2.58. The van der Waals surface area contributed by atoms with Gasteiger partial charge in [0, 0.05) is 26.1 Å². The molecular formula is C20H32O8. The van der Waals surface area contributed by atoms with Gasteiger partial charge in [0.2, 0.25) is 0 Å². The summed E-state index contributed by atoms with van der Waals surface area (Å²) >= 11 is 0. The van der Waals surface area contributed by atoms with Crippen LogP contribution in [-0.4, -0.2) is 60.1 Å². The summed E-state index contributed by atoms with van der Waals surface area (Å²) in [5.74, 6) is -2.88. The molecule has 1 aliphatic carbocycles. The maximum atomic E-state index is 12.5. The molecule has 160 valence electrons. The molecule has 0 atom stereocenters. The van der Waals surface area contributed by atoms with E-state index in [4.69, 9.17) is 19.7 Å². The van der Waals surface area contributed by atoms with Gasteiger partial charge in [-0.3, -0.25) is 19.2 Å². The molecule has 1 saturated carbocycles. The molecule has 0 heterocycles. The Morgan fingerprint density at radius 3 is 1.71 bits per heavy atom. The van der Waals surface area contributed by atoms with Crippen LogP contribution in [0.25, 0.3) is 0 Å². The van der Waals surface area contributed by atoms with Crippen molar-refractivity contribution >= 4 is 23.5 Å². The Hall–Kier alpha value is -1.80. The van der Waals surface area contributed by atoms with E-state index in [1.165, 1.54) is 0 Å². The monoisotopic (exact) mass is 400 g/mol. The Balaban J connectivity index is 2.53. The lowest BCUT2D eigenvalue weighted by Gasteiger charge is -2.22. The topological polar surface area (TPSA) is 127 Å². The Bertz CT molecular complexity index is 512. The lowest BCUT2D eigenvalue weighted by atomic mass is 9.81. The summed E-state index contributed by atoms with van der Waals surface area (Å²) in [7, 11) is 0. The number of carbonyl (C=O) groups excluding carboxylic acids is 4. The number of ether oxygens (including phenoxy) is 2. The minimum atomic E-state index is -2.06. The molecule has 0 aromatic carbocycles. The summed E-state index contributed by atoms with van der Waals surface area (Å²) in [5.41, 5.74) is -2.06. The van der Waals surface area contributed by atoms with Crippen LogP contribution < -0.4 is 0 Å². The first-order chi connectivity index (χ1) is 13.5. The smallest absolute Gasteiger partial charge is 0.327 e. The molecule has 0 radical (unpaired) electrons. The summed E-state index contributed by atoms with van der Waals surface area (Å²) in [6.07, 6.45) is 4.92. The average molecular weight is 400 g/mol. The van der Waals surface area contributed by atoms with Gasteiger partial charge in [-0.25, -0.2) is 0 Å². The Morgan fingerprint density at radius 1 is 0.750 bits per heavy atom. The lowest BCUT2D eigenvalue weighted by Crippen LogP contribution is -2.44. The van der Waals surface area contributed by atoms with Gasteiger partial charge in [-0.05, 0) is 38.5 Å². The number of esters is 2. The maximum absolute atomic E-state index is 12.5. The zero-order valence-corrected chi connectivity index (χ0v) is 16.5. The maximum Gasteiger partial charge on any atom is 0.327 e. The van der Waals surface area contributed by atoms with Crippen molar-refractivity contribution in [2.75, 3.05) is 26.4 Å². The molecule has 1 fully saturated rings. The number of hydrogen-bond acceptors (Lipinski definition) is 8. The van der Waals surface area contributed by atoms with E-state index in [0.717, 1.165) is 25.7 Å². The molecule has 28 heavy (non-hydrogen) atoms. The molecule has 8 nitrogen and oxygen atoms in total. The second kappa shape index (κ2) is 13.4. The number of aliphatic hydroxyl groups excluding tert-OH is 2. The van der Waals surface area contributed by atoms with Gasteiger partial charge < -0.3 is 19.7 Å². The third-order valence-corrected chi connectivity index (χ3v) is 4.89. The summed E-state index contributed by atoms with van der Waals surface area (Å²) < 4.78 is 10.2. The van der Waals surface area contributed by atoms with E-state index in [1.54, 1.807) is 0 Å². The highest BCUT2D eigenvalue weighted by Crippen LogP contribution is 2.37. The van der Waals surface area contributed by atoms with Gasteiger partial charge in [0.15, 0.2) is 17.0 Å². The number of Topliss-reactive ketones (excluding diaryl/α,β-unsaturated/α-hetero) is 2. The van der Waals surface area contributed by atoms with Crippen molar-refractivity contribution in [3.05, 3.63) is 0 Å². The van der Waals surface area contributed by atoms with E-state index < -0.39 is 35.3 Å². The molecule has 0 amide bonds. The van der Waals surface area contributed by atoms with Gasteiger partial charge in [0.1, 0.15) is 0 Å². The van der Waals surface area contributed by atoms with Crippen LogP contribution in [0.5, 0.6) is 0 Å². The minimum Gasteiger partial charge on any atom is -0.466 e. The van der Waals surface area contributed by atoms with Gasteiger partial charge in [0.25, 0.3) is 0 Å². The molecule has 2 N–H and O–H groups in total. The van der Waals surface area contributed by atoms with Crippen LogP contribution in [0.15, 0.2) is 0 Å². The molecule has 0 spiro atoms. The van der Waals surface area contributed by atoms with Crippen molar-refractivity contribution in [1.82, 2.24) is 0 Å². The molecule has 0 unspecified atom stereocenters. The fraction of sp³-hybridized carbons (Fsp3) is 0.800. The van der Waals surface area contributed by atoms with Crippen LogP contribution in [-0.2, 0) is 28.7 Å². The van der Waals surface area contributed by atoms with Crippen molar-refractivity contribution in [2.24, 2.45) is 5.41 Å². The standard InChI is InChI=1S/C20H32O8/c21-11-5-1-3-7-13-27-18(25)15-20(16(23)9-10-17(20)24)19(26)28-14-8-4-2-6-12-22/h21-22H,1-15H2. The summed E-state index contributed by atoms with van der Waals surface area (Å²) in [4.78, 5) is 49.3. The minimum absolute atomic E-state index is 0.0620. The molecular weight excluding hydrogens is 368 g/mol. The summed E-state index contributed by atoms with van der Waals surface area (Å²) in [5, 5.41) is 17.4. The van der Waals surface area contributed by atoms with Crippen molar-refractivity contribution in [3.63, 3.8) is 0 Å². The number of hydrogen-bond donors (Lipinski definition) is 2. The van der Waals surface area contributed by atoms with Gasteiger partial charge in [0.05, 0.1) is 19.6 Å². The molecule has 0 aromatic rings. The molecule has 0 aliphatic heterocycles. The highest BCUT2D eigenvalue weighted by atomic mass is 16.5. The molecule has 1 aliphatic rings. The first kappa shape index (κ1) is 24.2. The number of ketones is 2. The van der Waals surface area contributed by atoms with Crippen molar-refractivity contribution in [3.8, 4) is 0 Å². The van der Waals surface area contributed by atoms with Crippen LogP contribution >= 0.6 is 0 Å². The largest absolute Gasteiger partial charge is 0.466 e. The highest BCUT2D eigenvalue weighted by molar-refractivity contribution is 6.27. The zero-order valence-electron chi connectivity index (χ0n) is 16.5. The fourth-order valence-electron chi connectivity index (χ4n) is 3.18. The van der Waals surface area contributed by atoms with E-state index in [2.05, 4.69) is 0 Å². The van der Waals surface area contributed by atoms with E-state index in [1.807, 2.05) is 0 Å².